The van der Waals surface area contributed by atoms with Gasteiger partial charge in [0.15, 0.2) is 0 Å². The summed E-state index contributed by atoms with van der Waals surface area (Å²) in [6.45, 7) is 1.42. The van der Waals surface area contributed by atoms with E-state index in [1.807, 2.05) is 35.2 Å². The minimum absolute atomic E-state index is 0.0577. The fraction of sp³-hybridized carbons (Fsp3) is 0.538. The molecule has 1 aromatic carbocycles. The summed E-state index contributed by atoms with van der Waals surface area (Å²) >= 11 is 0. The van der Waals surface area contributed by atoms with E-state index in [0.29, 0.717) is 38.3 Å². The van der Waals surface area contributed by atoms with Crippen LogP contribution >= 0.6 is 0 Å². The molecule has 4 rings (SSSR count). The Morgan fingerprint density at radius 2 is 2.00 bits per heavy atom. The van der Waals surface area contributed by atoms with Crippen LogP contribution in [0.25, 0.3) is 0 Å². The highest BCUT2D eigenvalue weighted by molar-refractivity contribution is 5.93. The molecule has 8 heteroatoms. The average Bonchev–Trinajstić information content (AvgIpc) is 3.46. The van der Waals surface area contributed by atoms with E-state index in [1.54, 1.807) is 31.4 Å². The number of amides is 2. The number of carbonyl (C=O) groups is 2. The Bertz CT molecular complexity index is 960. The fourth-order valence-electron chi connectivity index (χ4n) is 5.55. The second-order valence-corrected chi connectivity index (χ2v) is 9.17. The second-order valence-electron chi connectivity index (χ2n) is 9.17. The number of likely N-dealkylation sites (tertiary alicyclic amines) is 2. The zero-order valence-corrected chi connectivity index (χ0v) is 19.9. The summed E-state index contributed by atoms with van der Waals surface area (Å²) in [5.74, 6) is 0.814. The van der Waals surface area contributed by atoms with Gasteiger partial charge in [0.1, 0.15) is 17.0 Å². The first-order valence-corrected chi connectivity index (χ1v) is 11.9. The van der Waals surface area contributed by atoms with Crippen LogP contribution in [0.15, 0.2) is 47.1 Å². The third-order valence-electron chi connectivity index (χ3n) is 7.16. The molecule has 2 aliphatic rings. The Morgan fingerprint density at radius 3 is 2.65 bits per heavy atom. The smallest absolute Gasteiger partial charge is 0.248 e. The van der Waals surface area contributed by atoms with E-state index in [2.05, 4.69) is 0 Å². The molecule has 1 N–H and O–H groups in total. The van der Waals surface area contributed by atoms with Crippen molar-refractivity contribution in [2.45, 2.75) is 43.7 Å². The highest BCUT2D eigenvalue weighted by atomic mass is 16.5. The number of hydrogen-bond donors (Lipinski definition) is 1. The van der Waals surface area contributed by atoms with Crippen molar-refractivity contribution in [2.24, 2.45) is 5.92 Å². The van der Waals surface area contributed by atoms with Crippen LogP contribution in [0.2, 0.25) is 0 Å². The summed E-state index contributed by atoms with van der Waals surface area (Å²) < 4.78 is 16.2. The van der Waals surface area contributed by atoms with Crippen LogP contribution in [0, 0.1) is 5.92 Å². The van der Waals surface area contributed by atoms with Crippen LogP contribution < -0.4 is 4.74 Å². The van der Waals surface area contributed by atoms with Gasteiger partial charge in [-0.3, -0.25) is 9.59 Å². The SMILES string of the molecule is COCCN1CCCC[C@]2(C[C@H](CO)[C@H](c3ccco3)N2C(=O)Cc2ccc(OC)cc2)C1=O. The van der Waals surface area contributed by atoms with Gasteiger partial charge in [-0.2, -0.15) is 0 Å². The Morgan fingerprint density at radius 1 is 1.21 bits per heavy atom. The molecular formula is C26H34N2O6. The predicted octanol–water partition coefficient (Wildman–Crippen LogP) is 2.81. The summed E-state index contributed by atoms with van der Waals surface area (Å²) in [5, 5.41) is 10.3. The summed E-state index contributed by atoms with van der Waals surface area (Å²) in [6, 6.07) is 10.5. The first-order valence-electron chi connectivity index (χ1n) is 11.9. The van der Waals surface area contributed by atoms with E-state index >= 15 is 0 Å². The molecule has 0 aliphatic carbocycles. The number of aliphatic hydroxyl groups is 1. The molecule has 34 heavy (non-hydrogen) atoms. The molecule has 2 amide bonds. The Hall–Kier alpha value is -2.84. The van der Waals surface area contributed by atoms with Gasteiger partial charge in [0.25, 0.3) is 0 Å². The molecule has 0 unspecified atom stereocenters. The Balaban J connectivity index is 1.73. The van der Waals surface area contributed by atoms with Crippen LogP contribution in [-0.4, -0.2) is 72.8 Å². The fourth-order valence-corrected chi connectivity index (χ4v) is 5.55. The molecule has 3 atom stereocenters. The number of rotatable bonds is 8. The molecule has 2 saturated heterocycles. The summed E-state index contributed by atoms with van der Waals surface area (Å²) in [4.78, 5) is 31.6. The van der Waals surface area contributed by atoms with Gasteiger partial charge in [0.05, 0.1) is 32.4 Å². The molecule has 2 aromatic rings. The zero-order chi connectivity index (χ0) is 24.1. The van der Waals surface area contributed by atoms with Crippen molar-refractivity contribution in [3.63, 3.8) is 0 Å². The molecule has 184 valence electrons. The van der Waals surface area contributed by atoms with Crippen molar-refractivity contribution >= 4 is 11.8 Å². The molecule has 0 radical (unpaired) electrons. The number of aliphatic hydroxyl groups excluding tert-OH is 1. The van der Waals surface area contributed by atoms with Gasteiger partial charge in [0, 0.05) is 32.7 Å². The lowest BCUT2D eigenvalue weighted by Crippen LogP contribution is -2.58. The lowest BCUT2D eigenvalue weighted by Gasteiger charge is -2.41. The summed E-state index contributed by atoms with van der Waals surface area (Å²) in [5.41, 5.74) is -0.178. The van der Waals surface area contributed by atoms with E-state index in [1.165, 1.54) is 0 Å². The van der Waals surface area contributed by atoms with Crippen LogP contribution in [0.5, 0.6) is 5.75 Å². The van der Waals surface area contributed by atoms with Crippen molar-refractivity contribution in [1.82, 2.24) is 9.80 Å². The molecule has 0 bridgehead atoms. The third-order valence-corrected chi connectivity index (χ3v) is 7.16. The van der Waals surface area contributed by atoms with E-state index in [-0.39, 0.29) is 30.8 Å². The topological polar surface area (TPSA) is 92.5 Å². The standard InChI is InChI=1S/C26H34N2O6/c1-32-15-13-27-12-4-3-11-26(25(27)31)17-20(18-29)24(22-6-5-14-34-22)28(26)23(30)16-19-7-9-21(33-2)10-8-19/h5-10,14,20,24,29H,3-4,11-13,15-18H2,1-2H3/t20-,24-,26+/m1/s1. The van der Waals surface area contributed by atoms with Crippen LogP contribution in [-0.2, 0) is 20.7 Å². The van der Waals surface area contributed by atoms with Crippen molar-refractivity contribution in [3.8, 4) is 5.75 Å². The Labute approximate surface area is 200 Å². The highest BCUT2D eigenvalue weighted by Crippen LogP contribution is 2.50. The molecule has 1 aromatic heterocycles. The number of furan rings is 1. The first-order chi connectivity index (χ1) is 16.5. The maximum absolute atomic E-state index is 14.1. The zero-order valence-electron chi connectivity index (χ0n) is 19.9. The average molecular weight is 471 g/mol. The van der Waals surface area contributed by atoms with Gasteiger partial charge in [-0.25, -0.2) is 0 Å². The summed E-state index contributed by atoms with van der Waals surface area (Å²) in [7, 11) is 3.22. The molecule has 0 saturated carbocycles. The van der Waals surface area contributed by atoms with Gasteiger partial charge in [-0.1, -0.05) is 12.1 Å². The van der Waals surface area contributed by atoms with Crippen molar-refractivity contribution in [2.75, 3.05) is 40.5 Å². The first kappa shape index (κ1) is 24.3. The van der Waals surface area contributed by atoms with Crippen LogP contribution in [0.4, 0.5) is 0 Å². The molecule has 3 heterocycles. The van der Waals surface area contributed by atoms with Gasteiger partial charge in [-0.05, 0) is 55.5 Å². The predicted molar refractivity (Wildman–Crippen MR) is 125 cm³/mol. The van der Waals surface area contributed by atoms with E-state index in [9.17, 15) is 14.7 Å². The largest absolute Gasteiger partial charge is 0.497 e. The minimum Gasteiger partial charge on any atom is -0.497 e. The van der Waals surface area contributed by atoms with Crippen LogP contribution in [0.1, 0.15) is 43.0 Å². The quantitative estimate of drug-likeness (QED) is 0.638. The number of benzene rings is 1. The second kappa shape index (κ2) is 10.6. The monoisotopic (exact) mass is 470 g/mol. The number of carbonyl (C=O) groups excluding carboxylic acids is 2. The molecule has 8 nitrogen and oxygen atoms in total. The third kappa shape index (κ3) is 4.57. The number of ether oxygens (including phenoxy) is 2. The number of methoxy groups -OCH3 is 2. The van der Waals surface area contributed by atoms with Crippen molar-refractivity contribution < 1.29 is 28.6 Å². The van der Waals surface area contributed by atoms with Gasteiger partial charge in [0.2, 0.25) is 11.8 Å². The Kier molecular flexibility index (Phi) is 7.58. The van der Waals surface area contributed by atoms with E-state index in [0.717, 1.165) is 24.2 Å². The maximum atomic E-state index is 14.1. The normalized spacial score (nSPS) is 25.1. The lowest BCUT2D eigenvalue weighted by molar-refractivity contribution is -0.153. The van der Waals surface area contributed by atoms with Crippen LogP contribution in [0.3, 0.4) is 0 Å². The van der Waals surface area contributed by atoms with Crippen molar-refractivity contribution in [3.05, 3.63) is 54.0 Å². The molecule has 1 spiro atoms. The molecule has 2 aliphatic heterocycles. The maximum Gasteiger partial charge on any atom is 0.248 e. The molecular weight excluding hydrogens is 436 g/mol. The van der Waals surface area contributed by atoms with E-state index in [4.69, 9.17) is 13.9 Å². The molecule has 2 fully saturated rings. The summed E-state index contributed by atoms with van der Waals surface area (Å²) in [6.07, 6.45) is 4.38. The number of nitrogens with zero attached hydrogens (tertiary/aromatic N) is 2. The highest BCUT2D eigenvalue weighted by Gasteiger charge is 2.59. The van der Waals surface area contributed by atoms with Crippen molar-refractivity contribution in [1.29, 1.82) is 0 Å². The van der Waals surface area contributed by atoms with Gasteiger partial charge in [-0.15, -0.1) is 0 Å². The van der Waals surface area contributed by atoms with E-state index < -0.39 is 11.6 Å². The van der Waals surface area contributed by atoms with Gasteiger partial charge >= 0.3 is 0 Å². The number of hydrogen-bond acceptors (Lipinski definition) is 6. The lowest BCUT2D eigenvalue weighted by atomic mass is 9.86. The minimum atomic E-state index is -1.02. The van der Waals surface area contributed by atoms with Gasteiger partial charge < -0.3 is 28.8 Å².